The van der Waals surface area contributed by atoms with Crippen LogP contribution in [0, 0.1) is 23.3 Å². The average molecular weight is 486 g/mol. The van der Waals surface area contributed by atoms with E-state index < -0.39 is 67.8 Å². The molecule has 0 fully saturated rings. The van der Waals surface area contributed by atoms with Gasteiger partial charge in [-0.3, -0.25) is 0 Å². The number of benzene rings is 1. The van der Waals surface area contributed by atoms with E-state index in [4.69, 9.17) is 0 Å². The summed E-state index contributed by atoms with van der Waals surface area (Å²) in [5.41, 5.74) is -4.04. The van der Waals surface area contributed by atoms with Crippen LogP contribution >= 0.6 is 0 Å². The maximum absolute atomic E-state index is 13.7. The van der Waals surface area contributed by atoms with E-state index in [-0.39, 0.29) is 51.4 Å². The fourth-order valence-electron chi connectivity index (χ4n) is 1.66. The minimum atomic E-state index is -7.78. The molecule has 0 aliphatic carbocycles. The molecule has 0 saturated carbocycles. The molecule has 1 aromatic carbocycles. The first-order valence-corrected chi connectivity index (χ1v) is 7.07. The van der Waals surface area contributed by atoms with Gasteiger partial charge >= 0.3 is 75.3 Å². The van der Waals surface area contributed by atoms with E-state index in [1.54, 1.807) is 0 Å². The Hall–Kier alpha value is -0.144. The van der Waals surface area contributed by atoms with E-state index in [0.29, 0.717) is 0 Å². The summed E-state index contributed by atoms with van der Waals surface area (Å²) in [6.07, 6.45) is -7.45. The Kier molecular flexibility index (Phi) is 7.80. The zero-order valence-electron chi connectivity index (χ0n) is 12.5. The zero-order valence-corrected chi connectivity index (χ0v) is 16.5. The predicted molar refractivity (Wildman–Crippen MR) is 54.1 cm³/mol. The van der Waals surface area contributed by atoms with E-state index in [0.717, 1.165) is 0 Å². The summed E-state index contributed by atoms with van der Waals surface area (Å²) >= 11 is 0. The van der Waals surface area contributed by atoms with Gasteiger partial charge in [-0.15, -0.1) is 0 Å². The fourth-order valence-corrected chi connectivity index (χ4v) is 2.44. The molecule has 0 bridgehead atoms. The minimum Gasteiger partial charge on any atom is -0.744 e. The number of hydrogen-bond donors (Lipinski definition) is 0. The van der Waals surface area contributed by atoms with Gasteiger partial charge in [-0.05, 0) is 0 Å². The van der Waals surface area contributed by atoms with Crippen LogP contribution in [-0.4, -0.2) is 31.0 Å². The number of hydrogen-bond acceptors (Lipinski definition) is 3. The second-order valence-corrected chi connectivity index (χ2v) is 5.95. The summed E-state index contributed by atoms with van der Waals surface area (Å²) in [4.78, 5) is -3.61. The molecule has 3 nitrogen and oxygen atoms in total. The van der Waals surface area contributed by atoms with Crippen LogP contribution in [0.25, 0.3) is 0 Å². The van der Waals surface area contributed by atoms with Crippen molar-refractivity contribution in [2.24, 2.45) is 0 Å². The van der Waals surface area contributed by atoms with Crippen molar-refractivity contribution in [3.05, 3.63) is 28.8 Å². The molecule has 0 aliphatic heterocycles. The Morgan fingerprint density at radius 3 is 1.32 bits per heavy atom. The standard InChI is InChI=1S/C10HF13O3S.K/c11-2-1(6(27(24,25)26)5(14)4(13)3(2)12)7(15,16)8(17,18)9(19,20)10(21,22)23;/h(H,24,25,26);/q;+1/p-1. The molecule has 0 spiro atoms. The van der Waals surface area contributed by atoms with Gasteiger partial charge in [0.05, 0.1) is 5.56 Å². The summed E-state index contributed by atoms with van der Waals surface area (Å²) in [7, 11) is -6.96. The third-order valence-corrected chi connectivity index (χ3v) is 3.82. The molecule has 156 valence electrons. The fraction of sp³-hybridized carbons (Fsp3) is 0.400. The van der Waals surface area contributed by atoms with Gasteiger partial charge in [-0.2, -0.15) is 39.5 Å². The van der Waals surface area contributed by atoms with Crippen LogP contribution in [0.1, 0.15) is 5.56 Å². The molecule has 1 aromatic rings. The number of halogens is 13. The smallest absolute Gasteiger partial charge is 0.744 e. The van der Waals surface area contributed by atoms with Gasteiger partial charge in [0.1, 0.15) is 15.0 Å². The average Bonchev–Trinajstić information content (AvgIpc) is 2.45. The molecule has 0 aliphatic rings. The van der Waals surface area contributed by atoms with Gasteiger partial charge in [0.25, 0.3) is 0 Å². The summed E-state index contributed by atoms with van der Waals surface area (Å²) in [6.45, 7) is 0. The summed E-state index contributed by atoms with van der Waals surface area (Å²) < 4.78 is 200. The maximum atomic E-state index is 13.7. The Morgan fingerprint density at radius 2 is 1.00 bits per heavy atom. The van der Waals surface area contributed by atoms with Gasteiger partial charge in [-0.1, -0.05) is 0 Å². The van der Waals surface area contributed by atoms with Gasteiger partial charge < -0.3 is 4.55 Å². The Balaban J connectivity index is 0.00000729. The van der Waals surface area contributed by atoms with Crippen LogP contribution in [0.3, 0.4) is 0 Å². The van der Waals surface area contributed by atoms with Crippen molar-refractivity contribution in [1.82, 2.24) is 0 Å². The first-order valence-electron chi connectivity index (χ1n) is 5.66. The number of rotatable bonds is 4. The molecular weight excluding hydrogens is 486 g/mol. The molecule has 0 amide bonds. The molecule has 0 saturated heterocycles. The van der Waals surface area contributed by atoms with Gasteiger partial charge in [-0.25, -0.2) is 26.0 Å². The minimum absolute atomic E-state index is 0. The Bertz CT molecular complexity index is 878. The molecule has 18 heteroatoms. The van der Waals surface area contributed by atoms with Crippen LogP contribution in [0.15, 0.2) is 4.90 Å². The molecule has 0 atom stereocenters. The largest absolute Gasteiger partial charge is 1.00 e. The van der Waals surface area contributed by atoms with E-state index in [2.05, 4.69) is 0 Å². The van der Waals surface area contributed by atoms with Crippen molar-refractivity contribution in [2.45, 2.75) is 28.8 Å². The van der Waals surface area contributed by atoms with Crippen molar-refractivity contribution < 1.29 is 121 Å². The molecule has 0 N–H and O–H groups in total. The van der Waals surface area contributed by atoms with Gasteiger partial charge in [0.2, 0.25) is 0 Å². The van der Waals surface area contributed by atoms with Crippen molar-refractivity contribution in [2.75, 3.05) is 0 Å². The third-order valence-electron chi connectivity index (χ3n) is 2.93. The molecule has 1 rings (SSSR count). The summed E-state index contributed by atoms with van der Waals surface area (Å²) in [5, 5.41) is 0. The Labute approximate surface area is 188 Å². The SMILES string of the molecule is O=S(=O)([O-])c1c(F)c(F)c(F)c(F)c1C(F)(F)C(F)(F)C(F)(F)C(F)(F)F.[K+]. The normalized spacial score (nSPS) is 14.1. The van der Waals surface area contributed by atoms with E-state index >= 15 is 0 Å². The molecule has 0 radical (unpaired) electrons. The van der Waals surface area contributed by atoms with E-state index in [1.165, 1.54) is 0 Å². The quantitative estimate of drug-likeness (QED) is 0.211. The van der Waals surface area contributed by atoms with Crippen LogP contribution in [0.2, 0.25) is 0 Å². The van der Waals surface area contributed by atoms with Crippen molar-refractivity contribution in [3.8, 4) is 0 Å². The van der Waals surface area contributed by atoms with E-state index in [9.17, 15) is 70.0 Å². The Morgan fingerprint density at radius 1 is 0.643 bits per heavy atom. The molecule has 0 aromatic heterocycles. The van der Waals surface area contributed by atoms with Crippen molar-refractivity contribution >= 4 is 10.1 Å². The molecule has 0 unspecified atom stereocenters. The first kappa shape index (κ1) is 27.9. The molecular formula is C10F13KO3S. The maximum Gasteiger partial charge on any atom is 1.00 e. The van der Waals surface area contributed by atoms with Crippen LogP contribution in [0.4, 0.5) is 57.1 Å². The summed E-state index contributed by atoms with van der Waals surface area (Å²) in [6, 6.07) is 0. The van der Waals surface area contributed by atoms with E-state index in [1.807, 2.05) is 0 Å². The van der Waals surface area contributed by atoms with Crippen molar-refractivity contribution in [3.63, 3.8) is 0 Å². The molecule has 28 heavy (non-hydrogen) atoms. The van der Waals surface area contributed by atoms with Gasteiger partial charge in [0.15, 0.2) is 23.3 Å². The first-order chi connectivity index (χ1) is 11.6. The topological polar surface area (TPSA) is 57.2 Å². The van der Waals surface area contributed by atoms with Gasteiger partial charge in [0, 0.05) is 0 Å². The van der Waals surface area contributed by atoms with Crippen LogP contribution in [-0.2, 0) is 16.0 Å². The van der Waals surface area contributed by atoms with Crippen LogP contribution < -0.4 is 51.4 Å². The van der Waals surface area contributed by atoms with Crippen LogP contribution in [0.5, 0.6) is 0 Å². The third kappa shape index (κ3) is 4.04. The number of alkyl halides is 9. The monoisotopic (exact) mass is 486 g/mol. The van der Waals surface area contributed by atoms with Crippen molar-refractivity contribution in [1.29, 1.82) is 0 Å². The second-order valence-electron chi connectivity index (χ2n) is 4.64. The summed E-state index contributed by atoms with van der Waals surface area (Å²) in [5.74, 6) is -37.0. The molecule has 0 heterocycles. The second kappa shape index (κ2) is 7.84. The predicted octanol–water partition coefficient (Wildman–Crippen LogP) is 1.08. The zero-order chi connectivity index (χ0) is 22.0.